The molecular weight excluding hydrogens is 274 g/mol. The molecule has 4 nitrogen and oxygen atoms in total. The van der Waals surface area contributed by atoms with Gasteiger partial charge < -0.3 is 10.0 Å². The molecule has 1 N–H and O–H groups in total. The number of carboxylic acid groups (broad SMARTS) is 1. The van der Waals surface area contributed by atoms with Crippen LogP contribution in [0.15, 0.2) is 6.07 Å². The largest absolute Gasteiger partial charge is 0.480 e. The summed E-state index contributed by atoms with van der Waals surface area (Å²) in [4.78, 5) is 27.2. The van der Waals surface area contributed by atoms with Crippen molar-refractivity contribution < 1.29 is 14.7 Å². The van der Waals surface area contributed by atoms with Crippen LogP contribution in [0.2, 0.25) is 0 Å². The molecule has 0 saturated carbocycles. The van der Waals surface area contributed by atoms with Gasteiger partial charge in [0.15, 0.2) is 0 Å². The number of carbonyl (C=O) groups excluding carboxylic acids is 1. The maximum atomic E-state index is 12.5. The van der Waals surface area contributed by atoms with Gasteiger partial charge in [-0.15, -0.1) is 11.3 Å². The number of aryl methyl sites for hydroxylation is 2. The molecule has 20 heavy (non-hydrogen) atoms. The maximum absolute atomic E-state index is 12.5. The predicted molar refractivity (Wildman–Crippen MR) is 79.4 cm³/mol. The number of hydrogen-bond donors (Lipinski definition) is 1. The zero-order chi connectivity index (χ0) is 14.7. The normalized spacial score (nSPS) is 18.5. The molecular formula is C15H21NO3S. The molecule has 1 amide bonds. The van der Waals surface area contributed by atoms with Gasteiger partial charge in [0.05, 0.1) is 4.88 Å². The van der Waals surface area contributed by atoms with E-state index in [0.29, 0.717) is 17.8 Å². The maximum Gasteiger partial charge on any atom is 0.326 e. The summed E-state index contributed by atoms with van der Waals surface area (Å²) in [6.45, 7) is 4.77. The lowest BCUT2D eigenvalue weighted by Gasteiger charge is -2.20. The van der Waals surface area contributed by atoms with E-state index in [2.05, 4.69) is 13.8 Å². The number of nitrogens with zero attached hydrogens (tertiary/aromatic N) is 1. The van der Waals surface area contributed by atoms with E-state index in [1.165, 1.54) is 26.7 Å². The van der Waals surface area contributed by atoms with E-state index >= 15 is 0 Å². The van der Waals surface area contributed by atoms with Crippen LogP contribution >= 0.6 is 11.3 Å². The molecule has 5 heteroatoms. The van der Waals surface area contributed by atoms with Crippen molar-refractivity contribution in [3.05, 3.63) is 21.4 Å². The molecule has 110 valence electrons. The number of carbonyl (C=O) groups is 2. The van der Waals surface area contributed by atoms with Crippen LogP contribution in [0.3, 0.4) is 0 Å². The number of amides is 1. The first-order valence-electron chi connectivity index (χ1n) is 7.23. The Morgan fingerprint density at radius 2 is 2.20 bits per heavy atom. The van der Waals surface area contributed by atoms with Crippen LogP contribution in [-0.4, -0.2) is 34.5 Å². The van der Waals surface area contributed by atoms with Gasteiger partial charge >= 0.3 is 5.97 Å². The van der Waals surface area contributed by atoms with Crippen LogP contribution in [0.25, 0.3) is 0 Å². The molecule has 1 atom stereocenters. The Kier molecular flexibility index (Phi) is 4.81. The van der Waals surface area contributed by atoms with Gasteiger partial charge in [0.25, 0.3) is 5.91 Å². The van der Waals surface area contributed by atoms with Crippen LogP contribution < -0.4 is 0 Å². The van der Waals surface area contributed by atoms with Gasteiger partial charge in [0.2, 0.25) is 0 Å². The standard InChI is InChI=1S/C15H21NO3S/c1-3-6-12-10(4-2)9-13(20-12)14(17)16-8-5-7-11(16)15(18)19/h9,11H,3-8H2,1-2H3,(H,18,19)/t11-/m1/s1. The Balaban J connectivity index is 2.22. The molecule has 1 aromatic rings. The summed E-state index contributed by atoms with van der Waals surface area (Å²) >= 11 is 1.53. The van der Waals surface area contributed by atoms with Gasteiger partial charge in [-0.25, -0.2) is 4.79 Å². The summed E-state index contributed by atoms with van der Waals surface area (Å²) in [5.74, 6) is -1.01. The Morgan fingerprint density at radius 3 is 2.80 bits per heavy atom. The second-order valence-corrected chi connectivity index (χ2v) is 6.29. The average Bonchev–Trinajstić information content (AvgIpc) is 3.04. The minimum Gasteiger partial charge on any atom is -0.480 e. The average molecular weight is 295 g/mol. The fourth-order valence-corrected chi connectivity index (χ4v) is 4.03. The van der Waals surface area contributed by atoms with Gasteiger partial charge in [0.1, 0.15) is 6.04 Å². The molecule has 0 aliphatic carbocycles. The number of likely N-dealkylation sites (tertiary alicyclic amines) is 1. The molecule has 2 heterocycles. The van der Waals surface area contributed by atoms with Crippen LogP contribution in [0, 0.1) is 0 Å². The zero-order valence-electron chi connectivity index (χ0n) is 12.0. The van der Waals surface area contributed by atoms with Gasteiger partial charge in [-0.3, -0.25) is 4.79 Å². The van der Waals surface area contributed by atoms with E-state index in [0.717, 1.165) is 25.7 Å². The number of hydrogen-bond acceptors (Lipinski definition) is 3. The number of rotatable bonds is 5. The fourth-order valence-electron chi connectivity index (χ4n) is 2.72. The number of aliphatic carboxylic acids is 1. The van der Waals surface area contributed by atoms with Crippen LogP contribution in [-0.2, 0) is 17.6 Å². The van der Waals surface area contributed by atoms with Crippen LogP contribution in [0.4, 0.5) is 0 Å². The summed E-state index contributed by atoms with van der Waals surface area (Å²) < 4.78 is 0. The van der Waals surface area contributed by atoms with Crippen molar-refractivity contribution >= 4 is 23.2 Å². The van der Waals surface area contributed by atoms with E-state index in [-0.39, 0.29) is 5.91 Å². The van der Waals surface area contributed by atoms with Crippen molar-refractivity contribution in [2.45, 2.75) is 52.0 Å². The lowest BCUT2D eigenvalue weighted by Crippen LogP contribution is -2.40. The monoisotopic (exact) mass is 295 g/mol. The number of carboxylic acids is 1. The second-order valence-electron chi connectivity index (χ2n) is 5.16. The molecule has 1 aromatic heterocycles. The molecule has 0 aromatic carbocycles. The number of thiophene rings is 1. The van der Waals surface area contributed by atoms with Gasteiger partial charge in [-0.05, 0) is 37.3 Å². The molecule has 0 spiro atoms. The van der Waals surface area contributed by atoms with E-state index < -0.39 is 12.0 Å². The fraction of sp³-hybridized carbons (Fsp3) is 0.600. The zero-order valence-corrected chi connectivity index (χ0v) is 12.8. The summed E-state index contributed by atoms with van der Waals surface area (Å²) in [6, 6.07) is 1.30. The summed E-state index contributed by atoms with van der Waals surface area (Å²) in [6.07, 6.45) is 4.30. The van der Waals surface area contributed by atoms with Crippen LogP contribution in [0.1, 0.15) is 53.2 Å². The second kappa shape index (κ2) is 6.39. The molecule has 1 fully saturated rings. The summed E-state index contributed by atoms with van der Waals surface area (Å²) in [7, 11) is 0. The third-order valence-electron chi connectivity index (χ3n) is 3.76. The molecule has 1 aliphatic rings. The third-order valence-corrected chi connectivity index (χ3v) is 4.99. The first-order chi connectivity index (χ1) is 9.58. The van der Waals surface area contributed by atoms with Crippen molar-refractivity contribution in [3.63, 3.8) is 0 Å². The smallest absolute Gasteiger partial charge is 0.326 e. The highest BCUT2D eigenvalue weighted by atomic mass is 32.1. The Labute approximate surface area is 123 Å². The Hall–Kier alpha value is -1.36. The van der Waals surface area contributed by atoms with Crippen molar-refractivity contribution in [3.8, 4) is 0 Å². The van der Waals surface area contributed by atoms with E-state index in [1.54, 1.807) is 0 Å². The van der Waals surface area contributed by atoms with Crippen LogP contribution in [0.5, 0.6) is 0 Å². The highest BCUT2D eigenvalue weighted by Crippen LogP contribution is 2.28. The Morgan fingerprint density at radius 1 is 1.45 bits per heavy atom. The first-order valence-corrected chi connectivity index (χ1v) is 8.05. The lowest BCUT2D eigenvalue weighted by molar-refractivity contribution is -0.141. The summed E-state index contributed by atoms with van der Waals surface area (Å²) in [5, 5.41) is 9.18. The topological polar surface area (TPSA) is 57.6 Å². The van der Waals surface area contributed by atoms with Crippen molar-refractivity contribution in [2.75, 3.05) is 6.54 Å². The Bertz CT molecular complexity index is 509. The highest BCUT2D eigenvalue weighted by Gasteiger charge is 2.35. The van der Waals surface area contributed by atoms with Gasteiger partial charge in [-0.1, -0.05) is 20.3 Å². The lowest BCUT2D eigenvalue weighted by atomic mass is 10.1. The molecule has 1 aliphatic heterocycles. The van der Waals surface area contributed by atoms with Gasteiger partial charge in [0, 0.05) is 11.4 Å². The molecule has 2 rings (SSSR count). The highest BCUT2D eigenvalue weighted by molar-refractivity contribution is 7.14. The van der Waals surface area contributed by atoms with Crippen molar-refractivity contribution in [1.29, 1.82) is 0 Å². The van der Waals surface area contributed by atoms with Gasteiger partial charge in [-0.2, -0.15) is 0 Å². The first kappa shape index (κ1) is 15.0. The summed E-state index contributed by atoms with van der Waals surface area (Å²) in [5.41, 5.74) is 1.23. The van der Waals surface area contributed by atoms with E-state index in [4.69, 9.17) is 0 Å². The SMILES string of the molecule is CCCc1sc(C(=O)N2CCC[C@@H]2C(=O)O)cc1CC. The van der Waals surface area contributed by atoms with E-state index in [9.17, 15) is 14.7 Å². The van der Waals surface area contributed by atoms with Crippen molar-refractivity contribution in [2.24, 2.45) is 0 Å². The predicted octanol–water partition coefficient (Wildman–Crippen LogP) is 2.95. The molecule has 0 unspecified atom stereocenters. The minimum absolute atomic E-state index is 0.114. The molecule has 1 saturated heterocycles. The molecule has 0 radical (unpaired) electrons. The van der Waals surface area contributed by atoms with E-state index in [1.807, 2.05) is 6.07 Å². The quantitative estimate of drug-likeness (QED) is 0.908. The van der Waals surface area contributed by atoms with Crippen molar-refractivity contribution in [1.82, 2.24) is 4.90 Å². The molecule has 0 bridgehead atoms. The minimum atomic E-state index is -0.892. The third kappa shape index (κ3) is 2.87.